The van der Waals surface area contributed by atoms with Crippen molar-refractivity contribution in [1.29, 1.82) is 0 Å². The number of hydrogen-bond donors (Lipinski definition) is 1. The molecule has 124 valence electrons. The van der Waals surface area contributed by atoms with Crippen LogP contribution in [0.15, 0.2) is 53.0 Å². The Labute approximate surface area is 150 Å². The maximum absolute atomic E-state index is 12.3. The SMILES string of the molecule is CCCCn1c(CNC(=O)c2cccc(Br)c2)nc2ccccc21. The Kier molecular flexibility index (Phi) is 5.30. The van der Waals surface area contributed by atoms with Gasteiger partial charge >= 0.3 is 0 Å². The molecule has 0 unspecified atom stereocenters. The number of nitrogens with one attached hydrogen (secondary N) is 1. The fourth-order valence-electron chi connectivity index (χ4n) is 2.72. The van der Waals surface area contributed by atoms with Gasteiger partial charge in [-0.05, 0) is 36.8 Å². The number of halogens is 1. The summed E-state index contributed by atoms with van der Waals surface area (Å²) in [5.74, 6) is 0.804. The van der Waals surface area contributed by atoms with Crippen molar-refractivity contribution in [2.24, 2.45) is 0 Å². The largest absolute Gasteiger partial charge is 0.345 e. The van der Waals surface area contributed by atoms with Crippen LogP contribution in [0.1, 0.15) is 35.9 Å². The van der Waals surface area contributed by atoms with Gasteiger partial charge in [0.1, 0.15) is 5.82 Å². The van der Waals surface area contributed by atoms with Crippen LogP contribution in [0.3, 0.4) is 0 Å². The summed E-state index contributed by atoms with van der Waals surface area (Å²) in [6.07, 6.45) is 2.21. The molecule has 3 rings (SSSR count). The molecule has 1 aromatic heterocycles. The highest BCUT2D eigenvalue weighted by molar-refractivity contribution is 9.10. The zero-order chi connectivity index (χ0) is 16.9. The van der Waals surface area contributed by atoms with Crippen molar-refractivity contribution in [3.63, 3.8) is 0 Å². The minimum absolute atomic E-state index is 0.0922. The molecule has 0 aliphatic heterocycles. The van der Waals surface area contributed by atoms with Crippen molar-refractivity contribution in [3.8, 4) is 0 Å². The fraction of sp³-hybridized carbons (Fsp3) is 0.263. The van der Waals surface area contributed by atoms with Crippen molar-refractivity contribution < 1.29 is 4.79 Å². The summed E-state index contributed by atoms with van der Waals surface area (Å²) in [6, 6.07) is 15.5. The number of nitrogens with zero attached hydrogens (tertiary/aromatic N) is 2. The van der Waals surface area contributed by atoms with E-state index in [0.717, 1.165) is 40.7 Å². The molecule has 0 aliphatic rings. The van der Waals surface area contributed by atoms with Crippen LogP contribution in [0.4, 0.5) is 0 Å². The lowest BCUT2D eigenvalue weighted by Crippen LogP contribution is -2.24. The van der Waals surface area contributed by atoms with Crippen molar-refractivity contribution >= 4 is 32.9 Å². The van der Waals surface area contributed by atoms with E-state index in [1.165, 1.54) is 0 Å². The summed E-state index contributed by atoms with van der Waals surface area (Å²) in [5, 5.41) is 2.98. The van der Waals surface area contributed by atoms with Gasteiger partial charge in [-0.3, -0.25) is 4.79 Å². The van der Waals surface area contributed by atoms with Crippen LogP contribution in [0, 0.1) is 0 Å². The molecule has 1 amide bonds. The Morgan fingerprint density at radius 1 is 1.21 bits per heavy atom. The lowest BCUT2D eigenvalue weighted by molar-refractivity contribution is 0.0949. The normalized spacial score (nSPS) is 10.9. The minimum atomic E-state index is -0.0922. The highest BCUT2D eigenvalue weighted by atomic mass is 79.9. The third kappa shape index (κ3) is 3.67. The average Bonchev–Trinajstić information content (AvgIpc) is 2.95. The molecular formula is C19H20BrN3O. The van der Waals surface area contributed by atoms with Crippen LogP contribution in [0.25, 0.3) is 11.0 Å². The summed E-state index contributed by atoms with van der Waals surface area (Å²) in [6.45, 7) is 3.51. The predicted octanol–water partition coefficient (Wildman–Crippen LogP) is 4.53. The predicted molar refractivity (Wildman–Crippen MR) is 100.0 cm³/mol. The van der Waals surface area contributed by atoms with Crippen LogP contribution < -0.4 is 5.32 Å². The first-order valence-electron chi connectivity index (χ1n) is 8.17. The Balaban J connectivity index is 1.80. The molecule has 2 aromatic carbocycles. The second-order valence-electron chi connectivity index (χ2n) is 5.71. The van der Waals surface area contributed by atoms with Crippen LogP contribution >= 0.6 is 15.9 Å². The van der Waals surface area contributed by atoms with E-state index < -0.39 is 0 Å². The Bertz CT molecular complexity index is 857. The third-order valence-corrected chi connectivity index (χ3v) is 4.46. The maximum atomic E-state index is 12.3. The summed E-state index contributed by atoms with van der Waals surface area (Å²) in [7, 11) is 0. The number of imidazole rings is 1. The van der Waals surface area contributed by atoms with Gasteiger partial charge in [-0.1, -0.05) is 47.5 Å². The second kappa shape index (κ2) is 7.62. The number of hydrogen-bond acceptors (Lipinski definition) is 2. The molecule has 5 heteroatoms. The number of amides is 1. The number of benzene rings is 2. The second-order valence-corrected chi connectivity index (χ2v) is 6.63. The summed E-state index contributed by atoms with van der Waals surface area (Å²) >= 11 is 3.39. The number of carbonyl (C=O) groups is 1. The topological polar surface area (TPSA) is 46.9 Å². The Hall–Kier alpha value is -2.14. The number of aromatic nitrogens is 2. The third-order valence-electron chi connectivity index (χ3n) is 3.96. The van der Waals surface area contributed by atoms with E-state index in [-0.39, 0.29) is 5.91 Å². The molecular weight excluding hydrogens is 366 g/mol. The first-order chi connectivity index (χ1) is 11.7. The van der Waals surface area contributed by atoms with E-state index in [0.29, 0.717) is 12.1 Å². The first kappa shape index (κ1) is 16.7. The number of fused-ring (bicyclic) bond motifs is 1. The molecule has 0 saturated carbocycles. The molecule has 0 spiro atoms. The van der Waals surface area contributed by atoms with Gasteiger partial charge in [0.25, 0.3) is 5.91 Å². The molecule has 0 bridgehead atoms. The fourth-order valence-corrected chi connectivity index (χ4v) is 3.12. The lowest BCUT2D eigenvalue weighted by atomic mass is 10.2. The van der Waals surface area contributed by atoms with E-state index in [2.05, 4.69) is 43.8 Å². The van der Waals surface area contributed by atoms with E-state index in [4.69, 9.17) is 0 Å². The number of aryl methyl sites for hydroxylation is 1. The zero-order valence-corrected chi connectivity index (χ0v) is 15.2. The summed E-state index contributed by atoms with van der Waals surface area (Å²) in [5.41, 5.74) is 2.73. The molecule has 0 fully saturated rings. The molecule has 0 atom stereocenters. The Morgan fingerprint density at radius 3 is 2.83 bits per heavy atom. The quantitative estimate of drug-likeness (QED) is 0.677. The van der Waals surface area contributed by atoms with Crippen LogP contribution in [0.5, 0.6) is 0 Å². The van der Waals surface area contributed by atoms with E-state index in [9.17, 15) is 4.79 Å². The molecule has 0 aliphatic carbocycles. The van der Waals surface area contributed by atoms with Gasteiger partial charge in [-0.25, -0.2) is 4.98 Å². The summed E-state index contributed by atoms with van der Waals surface area (Å²) in [4.78, 5) is 17.0. The van der Waals surface area contributed by atoms with Gasteiger partial charge in [0.15, 0.2) is 0 Å². The monoisotopic (exact) mass is 385 g/mol. The number of para-hydroxylation sites is 2. The zero-order valence-electron chi connectivity index (χ0n) is 13.6. The number of rotatable bonds is 6. The summed E-state index contributed by atoms with van der Waals surface area (Å²) < 4.78 is 3.10. The van der Waals surface area contributed by atoms with E-state index >= 15 is 0 Å². The van der Waals surface area contributed by atoms with Gasteiger partial charge in [0.2, 0.25) is 0 Å². The smallest absolute Gasteiger partial charge is 0.251 e. The number of unbranched alkanes of at least 4 members (excludes halogenated alkanes) is 1. The molecule has 4 nitrogen and oxygen atoms in total. The highest BCUT2D eigenvalue weighted by Gasteiger charge is 2.12. The first-order valence-corrected chi connectivity index (χ1v) is 8.96. The molecule has 1 heterocycles. The number of carbonyl (C=O) groups excluding carboxylic acids is 1. The van der Waals surface area contributed by atoms with Crippen molar-refractivity contribution in [2.75, 3.05) is 0 Å². The van der Waals surface area contributed by atoms with Gasteiger partial charge in [-0.2, -0.15) is 0 Å². The molecule has 0 saturated heterocycles. The van der Waals surface area contributed by atoms with Crippen LogP contribution in [-0.4, -0.2) is 15.5 Å². The maximum Gasteiger partial charge on any atom is 0.251 e. The minimum Gasteiger partial charge on any atom is -0.345 e. The Morgan fingerprint density at radius 2 is 2.04 bits per heavy atom. The average molecular weight is 386 g/mol. The van der Waals surface area contributed by atoms with Crippen LogP contribution in [-0.2, 0) is 13.1 Å². The van der Waals surface area contributed by atoms with Gasteiger partial charge in [0.05, 0.1) is 17.6 Å². The van der Waals surface area contributed by atoms with Gasteiger partial charge in [-0.15, -0.1) is 0 Å². The van der Waals surface area contributed by atoms with Crippen molar-refractivity contribution in [1.82, 2.24) is 14.9 Å². The molecule has 3 aromatic rings. The molecule has 24 heavy (non-hydrogen) atoms. The molecule has 0 radical (unpaired) electrons. The van der Waals surface area contributed by atoms with Gasteiger partial charge < -0.3 is 9.88 Å². The molecule has 1 N–H and O–H groups in total. The van der Waals surface area contributed by atoms with Crippen LogP contribution in [0.2, 0.25) is 0 Å². The van der Waals surface area contributed by atoms with Crippen molar-refractivity contribution in [3.05, 3.63) is 64.4 Å². The standard InChI is InChI=1S/C19H20BrN3O/c1-2-3-11-23-17-10-5-4-9-16(17)22-18(23)13-21-19(24)14-7-6-8-15(20)12-14/h4-10,12H,2-3,11,13H2,1H3,(H,21,24). The van der Waals surface area contributed by atoms with E-state index in [1.807, 2.05) is 36.4 Å². The lowest BCUT2D eigenvalue weighted by Gasteiger charge is -2.10. The highest BCUT2D eigenvalue weighted by Crippen LogP contribution is 2.17. The van der Waals surface area contributed by atoms with Crippen molar-refractivity contribution in [2.45, 2.75) is 32.9 Å². The van der Waals surface area contributed by atoms with E-state index in [1.54, 1.807) is 6.07 Å². The van der Waals surface area contributed by atoms with Gasteiger partial charge in [0, 0.05) is 16.6 Å².